The van der Waals surface area contributed by atoms with Crippen molar-refractivity contribution in [3.8, 4) is 0 Å². The Labute approximate surface area is 165 Å². The van der Waals surface area contributed by atoms with Gasteiger partial charge in [0.25, 0.3) is 0 Å². The Bertz CT molecular complexity index is 725. The van der Waals surface area contributed by atoms with Crippen molar-refractivity contribution in [3.63, 3.8) is 0 Å². The number of nitrogens with one attached hydrogen (secondary N) is 1. The number of nitrogens with zero attached hydrogens (tertiary/aromatic N) is 4. The van der Waals surface area contributed by atoms with Gasteiger partial charge in [0, 0.05) is 30.6 Å². The second-order valence-electron chi connectivity index (χ2n) is 7.60. The molecule has 1 amide bonds. The zero-order valence-electron chi connectivity index (χ0n) is 16.2. The minimum Gasteiger partial charge on any atom is -0.349 e. The SMILES string of the molecule is CC(C)Cn1c(CNC(=O)C2CCCCC2)nnc1SCc1ccncc1. The molecule has 1 saturated carbocycles. The molecule has 3 rings (SSSR count). The summed E-state index contributed by atoms with van der Waals surface area (Å²) < 4.78 is 2.15. The fourth-order valence-electron chi connectivity index (χ4n) is 3.41. The summed E-state index contributed by atoms with van der Waals surface area (Å²) in [7, 11) is 0. The molecule has 0 saturated heterocycles. The second kappa shape index (κ2) is 9.88. The molecule has 1 aliphatic carbocycles. The minimum atomic E-state index is 0.166. The Hall–Kier alpha value is -1.89. The van der Waals surface area contributed by atoms with E-state index in [1.807, 2.05) is 12.1 Å². The first-order valence-corrected chi connectivity index (χ1v) is 10.8. The van der Waals surface area contributed by atoms with E-state index in [4.69, 9.17) is 0 Å². The molecule has 2 aromatic rings. The summed E-state index contributed by atoms with van der Waals surface area (Å²) in [6.45, 7) is 5.66. The molecule has 0 aliphatic heterocycles. The van der Waals surface area contributed by atoms with Gasteiger partial charge in [-0.3, -0.25) is 9.78 Å². The number of carbonyl (C=O) groups is 1. The van der Waals surface area contributed by atoms with Gasteiger partial charge in [0.05, 0.1) is 6.54 Å². The molecule has 0 aromatic carbocycles. The highest BCUT2D eigenvalue weighted by atomic mass is 32.2. The highest BCUT2D eigenvalue weighted by Crippen LogP contribution is 2.25. The Balaban J connectivity index is 1.63. The molecule has 1 N–H and O–H groups in total. The number of hydrogen-bond donors (Lipinski definition) is 1. The van der Waals surface area contributed by atoms with Crippen molar-refractivity contribution in [1.82, 2.24) is 25.1 Å². The highest BCUT2D eigenvalue weighted by Gasteiger charge is 2.22. The normalized spacial score (nSPS) is 15.2. The summed E-state index contributed by atoms with van der Waals surface area (Å²) in [5, 5.41) is 12.7. The van der Waals surface area contributed by atoms with Crippen LogP contribution in [0.3, 0.4) is 0 Å². The van der Waals surface area contributed by atoms with Crippen LogP contribution in [0, 0.1) is 11.8 Å². The number of pyridine rings is 1. The van der Waals surface area contributed by atoms with Gasteiger partial charge in [0.15, 0.2) is 11.0 Å². The number of hydrogen-bond acceptors (Lipinski definition) is 5. The van der Waals surface area contributed by atoms with Gasteiger partial charge in [-0.05, 0) is 36.5 Å². The number of amides is 1. The van der Waals surface area contributed by atoms with Gasteiger partial charge >= 0.3 is 0 Å². The lowest BCUT2D eigenvalue weighted by molar-refractivity contribution is -0.126. The Morgan fingerprint density at radius 2 is 1.96 bits per heavy atom. The monoisotopic (exact) mass is 387 g/mol. The predicted molar refractivity (Wildman–Crippen MR) is 107 cm³/mol. The summed E-state index contributed by atoms with van der Waals surface area (Å²) in [4.78, 5) is 16.5. The predicted octanol–water partition coefficient (Wildman–Crippen LogP) is 3.82. The minimum absolute atomic E-state index is 0.166. The maximum atomic E-state index is 12.4. The van der Waals surface area contributed by atoms with E-state index in [0.29, 0.717) is 12.5 Å². The summed E-state index contributed by atoms with van der Waals surface area (Å²) in [5.74, 6) is 2.48. The van der Waals surface area contributed by atoms with Gasteiger partial charge in [-0.15, -0.1) is 10.2 Å². The van der Waals surface area contributed by atoms with Gasteiger partial charge in [-0.25, -0.2) is 0 Å². The van der Waals surface area contributed by atoms with E-state index in [1.54, 1.807) is 24.2 Å². The fourth-order valence-corrected chi connectivity index (χ4v) is 4.33. The Kier molecular flexibility index (Phi) is 7.26. The van der Waals surface area contributed by atoms with Crippen molar-refractivity contribution in [2.24, 2.45) is 11.8 Å². The molecule has 0 atom stereocenters. The molecule has 0 radical (unpaired) electrons. The first-order chi connectivity index (χ1) is 13.1. The van der Waals surface area contributed by atoms with Crippen molar-refractivity contribution in [2.75, 3.05) is 0 Å². The van der Waals surface area contributed by atoms with Gasteiger partial charge in [-0.1, -0.05) is 44.9 Å². The van der Waals surface area contributed by atoms with E-state index in [2.05, 4.69) is 38.9 Å². The smallest absolute Gasteiger partial charge is 0.223 e. The standard InChI is InChI=1S/C20H29N5OS/c1-15(2)13-25-18(12-22-19(26)17-6-4-3-5-7-17)23-24-20(25)27-14-16-8-10-21-11-9-16/h8-11,15,17H,3-7,12-14H2,1-2H3,(H,22,26). The third-order valence-corrected chi connectivity index (χ3v) is 5.89. The van der Waals surface area contributed by atoms with E-state index in [1.165, 1.54) is 12.0 Å². The quantitative estimate of drug-likeness (QED) is 0.697. The lowest BCUT2D eigenvalue weighted by atomic mass is 9.89. The lowest BCUT2D eigenvalue weighted by Crippen LogP contribution is -2.32. The topological polar surface area (TPSA) is 72.7 Å². The van der Waals surface area contributed by atoms with E-state index in [-0.39, 0.29) is 11.8 Å². The van der Waals surface area contributed by atoms with Crippen LogP contribution in [0.15, 0.2) is 29.7 Å². The molecule has 0 unspecified atom stereocenters. The van der Waals surface area contributed by atoms with E-state index in [0.717, 1.165) is 49.0 Å². The summed E-state index contributed by atoms with van der Waals surface area (Å²) in [5.41, 5.74) is 1.21. The van der Waals surface area contributed by atoms with Gasteiger partial charge < -0.3 is 9.88 Å². The Morgan fingerprint density at radius 1 is 1.22 bits per heavy atom. The number of thioether (sulfide) groups is 1. The summed E-state index contributed by atoms with van der Waals surface area (Å²) in [6.07, 6.45) is 9.22. The van der Waals surface area contributed by atoms with E-state index in [9.17, 15) is 4.79 Å². The highest BCUT2D eigenvalue weighted by molar-refractivity contribution is 7.98. The molecular weight excluding hydrogens is 358 g/mol. The van der Waals surface area contributed by atoms with Crippen LogP contribution in [-0.4, -0.2) is 25.7 Å². The third kappa shape index (κ3) is 5.79. The Morgan fingerprint density at radius 3 is 2.67 bits per heavy atom. The first-order valence-electron chi connectivity index (χ1n) is 9.85. The first kappa shape index (κ1) is 19.9. The molecule has 0 spiro atoms. The molecule has 2 aromatic heterocycles. The number of carbonyl (C=O) groups excluding carboxylic acids is 1. The van der Waals surface area contributed by atoms with Crippen LogP contribution >= 0.6 is 11.8 Å². The molecule has 1 fully saturated rings. The number of rotatable bonds is 8. The maximum absolute atomic E-state index is 12.4. The molecule has 2 heterocycles. The van der Waals surface area contributed by atoms with Crippen LogP contribution in [0.2, 0.25) is 0 Å². The van der Waals surface area contributed by atoms with Crippen molar-refractivity contribution >= 4 is 17.7 Å². The average molecular weight is 388 g/mol. The molecule has 27 heavy (non-hydrogen) atoms. The van der Waals surface area contributed by atoms with Crippen LogP contribution in [0.5, 0.6) is 0 Å². The molecule has 7 heteroatoms. The summed E-state index contributed by atoms with van der Waals surface area (Å²) in [6, 6.07) is 4.03. The number of aromatic nitrogens is 4. The maximum Gasteiger partial charge on any atom is 0.223 e. The van der Waals surface area contributed by atoms with Gasteiger partial charge in [-0.2, -0.15) is 0 Å². The molecule has 1 aliphatic rings. The van der Waals surface area contributed by atoms with Crippen molar-refractivity contribution in [1.29, 1.82) is 0 Å². The van der Waals surface area contributed by atoms with Crippen LogP contribution in [0.1, 0.15) is 57.3 Å². The van der Waals surface area contributed by atoms with Gasteiger partial charge in [0.2, 0.25) is 5.91 Å². The second-order valence-corrected chi connectivity index (χ2v) is 8.54. The average Bonchev–Trinajstić information content (AvgIpc) is 3.07. The van der Waals surface area contributed by atoms with E-state index < -0.39 is 0 Å². The van der Waals surface area contributed by atoms with Crippen molar-refractivity contribution in [2.45, 2.75) is 70.0 Å². The van der Waals surface area contributed by atoms with Gasteiger partial charge in [0.1, 0.15) is 0 Å². The zero-order valence-corrected chi connectivity index (χ0v) is 17.0. The lowest BCUT2D eigenvalue weighted by Gasteiger charge is -2.20. The van der Waals surface area contributed by atoms with E-state index >= 15 is 0 Å². The molecule has 0 bridgehead atoms. The molecule has 146 valence electrons. The molecular formula is C20H29N5OS. The van der Waals surface area contributed by atoms with Crippen molar-refractivity contribution in [3.05, 3.63) is 35.9 Å². The third-order valence-electron chi connectivity index (χ3n) is 4.86. The molecule has 6 nitrogen and oxygen atoms in total. The van der Waals surface area contributed by atoms with Crippen LogP contribution < -0.4 is 5.32 Å². The van der Waals surface area contributed by atoms with Crippen LogP contribution in [-0.2, 0) is 23.6 Å². The van der Waals surface area contributed by atoms with Crippen molar-refractivity contribution < 1.29 is 4.79 Å². The van der Waals surface area contributed by atoms with Crippen LogP contribution in [0.25, 0.3) is 0 Å². The van der Waals surface area contributed by atoms with Crippen LogP contribution in [0.4, 0.5) is 0 Å². The largest absolute Gasteiger partial charge is 0.349 e. The summed E-state index contributed by atoms with van der Waals surface area (Å²) >= 11 is 1.67. The zero-order chi connectivity index (χ0) is 19.1. The fraction of sp³-hybridized carbons (Fsp3) is 0.600.